The van der Waals surface area contributed by atoms with Gasteiger partial charge in [-0.3, -0.25) is 0 Å². The van der Waals surface area contributed by atoms with Gasteiger partial charge in [0, 0.05) is 11.3 Å². The van der Waals surface area contributed by atoms with Crippen LogP contribution in [-0.4, -0.2) is 25.0 Å². The summed E-state index contributed by atoms with van der Waals surface area (Å²) in [5.74, 6) is 0.325. The fraction of sp³-hybridized carbons (Fsp3) is 0.500. The zero-order chi connectivity index (χ0) is 12.5. The van der Waals surface area contributed by atoms with Crippen LogP contribution in [-0.2, 0) is 9.84 Å². The molecule has 1 atom stereocenters. The van der Waals surface area contributed by atoms with Gasteiger partial charge in [-0.1, -0.05) is 18.2 Å². The molecule has 0 bridgehead atoms. The molecule has 0 aliphatic carbocycles. The van der Waals surface area contributed by atoms with Crippen molar-refractivity contribution in [2.45, 2.75) is 18.9 Å². The Morgan fingerprint density at radius 1 is 1.24 bits per heavy atom. The second kappa shape index (κ2) is 4.66. The molecule has 0 aromatic heterocycles. The number of hydrogen-bond donors (Lipinski definition) is 2. The molecule has 0 radical (unpaired) electrons. The molecule has 1 saturated heterocycles. The van der Waals surface area contributed by atoms with Crippen molar-refractivity contribution in [2.24, 2.45) is 5.92 Å². The molecule has 2 rings (SSSR count). The van der Waals surface area contributed by atoms with E-state index in [1.165, 1.54) is 0 Å². The summed E-state index contributed by atoms with van der Waals surface area (Å²) in [6.07, 6.45) is 0.363. The highest BCUT2D eigenvalue weighted by Crippen LogP contribution is 2.33. The largest absolute Gasteiger partial charge is 0.398 e. The van der Waals surface area contributed by atoms with Crippen LogP contribution in [0.25, 0.3) is 0 Å². The molecule has 4 nitrogen and oxygen atoms in total. The maximum atomic E-state index is 11.3. The van der Waals surface area contributed by atoms with E-state index in [0.29, 0.717) is 24.1 Å². The monoisotopic (exact) mass is 255 g/mol. The number of nitrogen functional groups attached to an aromatic ring is 1. The van der Waals surface area contributed by atoms with Crippen LogP contribution in [0.2, 0.25) is 0 Å². The van der Waals surface area contributed by atoms with Crippen LogP contribution >= 0.6 is 0 Å². The number of aliphatic hydroxyl groups excluding tert-OH is 1. The number of rotatable bonds is 2. The molecule has 1 heterocycles. The first-order chi connectivity index (χ1) is 7.99. The Hall–Kier alpha value is -1.07. The fourth-order valence-corrected chi connectivity index (χ4v) is 3.79. The summed E-state index contributed by atoms with van der Waals surface area (Å²) < 4.78 is 22.6. The predicted molar refractivity (Wildman–Crippen MR) is 67.2 cm³/mol. The van der Waals surface area contributed by atoms with E-state index in [4.69, 9.17) is 5.73 Å². The van der Waals surface area contributed by atoms with E-state index in [-0.39, 0.29) is 17.4 Å². The first-order valence-corrected chi connectivity index (χ1v) is 7.54. The quantitative estimate of drug-likeness (QED) is 0.776. The lowest BCUT2D eigenvalue weighted by molar-refractivity contribution is 0.103. The van der Waals surface area contributed by atoms with Crippen molar-refractivity contribution in [3.63, 3.8) is 0 Å². The summed E-state index contributed by atoms with van der Waals surface area (Å²) in [5, 5.41) is 10.2. The van der Waals surface area contributed by atoms with Crippen LogP contribution < -0.4 is 5.73 Å². The van der Waals surface area contributed by atoms with E-state index in [9.17, 15) is 13.5 Å². The topological polar surface area (TPSA) is 80.4 Å². The van der Waals surface area contributed by atoms with Crippen molar-refractivity contribution >= 4 is 15.5 Å². The van der Waals surface area contributed by atoms with Gasteiger partial charge in [0.25, 0.3) is 0 Å². The third-order valence-electron chi connectivity index (χ3n) is 3.36. The Morgan fingerprint density at radius 3 is 2.41 bits per heavy atom. The number of sulfone groups is 1. The van der Waals surface area contributed by atoms with Gasteiger partial charge >= 0.3 is 0 Å². The van der Waals surface area contributed by atoms with Gasteiger partial charge in [-0.25, -0.2) is 8.42 Å². The van der Waals surface area contributed by atoms with Gasteiger partial charge in [-0.05, 0) is 24.8 Å². The number of nitrogens with two attached hydrogens (primary N) is 1. The summed E-state index contributed by atoms with van der Waals surface area (Å²) in [4.78, 5) is 0. The Bertz CT molecular complexity index is 484. The van der Waals surface area contributed by atoms with E-state index in [1.807, 2.05) is 12.1 Å². The first-order valence-electron chi connectivity index (χ1n) is 5.72. The molecule has 94 valence electrons. The van der Waals surface area contributed by atoms with Crippen LogP contribution in [0, 0.1) is 5.92 Å². The van der Waals surface area contributed by atoms with Crippen molar-refractivity contribution in [3.8, 4) is 0 Å². The SMILES string of the molecule is Nc1ccccc1C(O)C1CCS(=O)(=O)CC1. The number of hydrogen-bond acceptors (Lipinski definition) is 4. The van der Waals surface area contributed by atoms with E-state index in [2.05, 4.69) is 0 Å². The molecule has 1 unspecified atom stereocenters. The van der Waals surface area contributed by atoms with Gasteiger partial charge in [-0.15, -0.1) is 0 Å². The normalized spacial score (nSPS) is 22.2. The third-order valence-corrected chi connectivity index (χ3v) is 5.08. The smallest absolute Gasteiger partial charge is 0.150 e. The Kier molecular flexibility index (Phi) is 3.40. The highest BCUT2D eigenvalue weighted by atomic mass is 32.2. The van der Waals surface area contributed by atoms with E-state index in [1.54, 1.807) is 12.1 Å². The number of anilines is 1. The fourth-order valence-electron chi connectivity index (χ4n) is 2.26. The molecule has 3 N–H and O–H groups in total. The summed E-state index contributed by atoms with van der Waals surface area (Å²) >= 11 is 0. The van der Waals surface area contributed by atoms with Crippen LogP contribution in [0.5, 0.6) is 0 Å². The van der Waals surface area contributed by atoms with Gasteiger partial charge in [0.1, 0.15) is 9.84 Å². The molecule has 1 aliphatic heterocycles. The van der Waals surface area contributed by atoms with Gasteiger partial charge < -0.3 is 10.8 Å². The van der Waals surface area contributed by atoms with Crippen molar-refractivity contribution in [1.29, 1.82) is 0 Å². The molecular weight excluding hydrogens is 238 g/mol. The maximum Gasteiger partial charge on any atom is 0.150 e. The third kappa shape index (κ3) is 2.79. The summed E-state index contributed by atoms with van der Waals surface area (Å²) in [7, 11) is -2.88. The minimum Gasteiger partial charge on any atom is -0.398 e. The van der Waals surface area contributed by atoms with Gasteiger partial charge in [0.2, 0.25) is 0 Å². The molecule has 17 heavy (non-hydrogen) atoms. The van der Waals surface area contributed by atoms with Crippen molar-refractivity contribution in [2.75, 3.05) is 17.2 Å². The van der Waals surface area contributed by atoms with E-state index in [0.717, 1.165) is 0 Å². The molecule has 1 aromatic carbocycles. The lowest BCUT2D eigenvalue weighted by Crippen LogP contribution is -2.27. The highest BCUT2D eigenvalue weighted by molar-refractivity contribution is 7.91. The molecule has 5 heteroatoms. The minimum atomic E-state index is -2.88. The Morgan fingerprint density at radius 2 is 1.82 bits per heavy atom. The first kappa shape index (κ1) is 12.4. The van der Waals surface area contributed by atoms with Crippen molar-refractivity contribution < 1.29 is 13.5 Å². The molecule has 0 saturated carbocycles. The number of para-hydroxylation sites is 1. The molecule has 0 spiro atoms. The molecule has 1 aliphatic rings. The summed E-state index contributed by atoms with van der Waals surface area (Å²) in [5.41, 5.74) is 7.07. The zero-order valence-corrected chi connectivity index (χ0v) is 10.4. The Labute approximate surface area is 101 Å². The Balaban J connectivity index is 2.12. The van der Waals surface area contributed by atoms with E-state index >= 15 is 0 Å². The standard InChI is InChI=1S/C12H17NO3S/c13-11-4-2-1-3-10(11)12(14)9-5-7-17(15,16)8-6-9/h1-4,9,12,14H,5-8,13H2. The van der Waals surface area contributed by atoms with Crippen LogP contribution in [0.15, 0.2) is 24.3 Å². The van der Waals surface area contributed by atoms with Crippen LogP contribution in [0.1, 0.15) is 24.5 Å². The zero-order valence-electron chi connectivity index (χ0n) is 9.54. The highest BCUT2D eigenvalue weighted by Gasteiger charge is 2.29. The van der Waals surface area contributed by atoms with Gasteiger partial charge in [0.15, 0.2) is 0 Å². The average molecular weight is 255 g/mol. The van der Waals surface area contributed by atoms with Crippen molar-refractivity contribution in [3.05, 3.63) is 29.8 Å². The minimum absolute atomic E-state index is 0.0109. The summed E-state index contributed by atoms with van der Waals surface area (Å²) in [6.45, 7) is 0. The number of aliphatic hydroxyl groups is 1. The molecule has 0 amide bonds. The van der Waals surface area contributed by atoms with Gasteiger partial charge in [0.05, 0.1) is 17.6 Å². The van der Waals surface area contributed by atoms with Crippen molar-refractivity contribution in [1.82, 2.24) is 0 Å². The molecule has 1 fully saturated rings. The predicted octanol–water partition coefficient (Wildman–Crippen LogP) is 1.13. The lowest BCUT2D eigenvalue weighted by Gasteiger charge is -2.27. The number of benzene rings is 1. The molecular formula is C12H17NO3S. The maximum absolute atomic E-state index is 11.3. The second-order valence-corrected chi connectivity index (χ2v) is 6.87. The lowest BCUT2D eigenvalue weighted by atomic mass is 9.90. The molecule has 1 aromatic rings. The summed E-state index contributed by atoms with van der Waals surface area (Å²) in [6, 6.07) is 7.19. The van der Waals surface area contributed by atoms with Crippen LogP contribution in [0.3, 0.4) is 0 Å². The van der Waals surface area contributed by atoms with E-state index < -0.39 is 15.9 Å². The van der Waals surface area contributed by atoms with Crippen LogP contribution in [0.4, 0.5) is 5.69 Å². The average Bonchev–Trinajstić information content (AvgIpc) is 2.29. The van der Waals surface area contributed by atoms with Gasteiger partial charge in [-0.2, -0.15) is 0 Å². The second-order valence-electron chi connectivity index (χ2n) is 4.56.